The van der Waals surface area contributed by atoms with Gasteiger partial charge in [-0.25, -0.2) is 0 Å². The van der Waals surface area contributed by atoms with E-state index in [0.29, 0.717) is 26.2 Å². The van der Waals surface area contributed by atoms with Gasteiger partial charge in [0.2, 0.25) is 5.91 Å². The maximum atomic E-state index is 11.8. The van der Waals surface area contributed by atoms with Crippen LogP contribution in [0.4, 0.5) is 0 Å². The number of carbonyl (C=O) groups excluding carboxylic acids is 1. The van der Waals surface area contributed by atoms with Crippen LogP contribution in [0.3, 0.4) is 0 Å². The number of ether oxygens (including phenoxy) is 2. The third-order valence-corrected chi connectivity index (χ3v) is 4.48. The normalized spacial score (nSPS) is 16.5. The van der Waals surface area contributed by atoms with Gasteiger partial charge in [-0.05, 0) is 19.4 Å². The minimum Gasteiger partial charge on any atom is -0.496 e. The van der Waals surface area contributed by atoms with Gasteiger partial charge in [-0.2, -0.15) is 0 Å². The lowest BCUT2D eigenvalue weighted by molar-refractivity contribution is -0.129. The fourth-order valence-corrected chi connectivity index (χ4v) is 3.07. The van der Waals surface area contributed by atoms with E-state index in [1.54, 1.807) is 7.11 Å². The van der Waals surface area contributed by atoms with Gasteiger partial charge in [0.15, 0.2) is 5.96 Å². The van der Waals surface area contributed by atoms with Crippen molar-refractivity contribution in [2.75, 3.05) is 39.9 Å². The molecule has 28 heavy (non-hydrogen) atoms. The largest absolute Gasteiger partial charge is 0.496 e. The van der Waals surface area contributed by atoms with E-state index in [0.717, 1.165) is 43.3 Å². The molecule has 8 heteroatoms. The predicted molar refractivity (Wildman–Crippen MR) is 122 cm³/mol. The molecule has 1 aromatic carbocycles. The average molecular weight is 504 g/mol. The van der Waals surface area contributed by atoms with Gasteiger partial charge in [0, 0.05) is 37.7 Å². The summed E-state index contributed by atoms with van der Waals surface area (Å²) >= 11 is 0. The van der Waals surface area contributed by atoms with Gasteiger partial charge in [0.1, 0.15) is 5.75 Å². The van der Waals surface area contributed by atoms with Gasteiger partial charge >= 0.3 is 0 Å². The summed E-state index contributed by atoms with van der Waals surface area (Å²) in [7, 11) is 1.66. The van der Waals surface area contributed by atoms with Crippen LogP contribution in [0.15, 0.2) is 29.3 Å². The molecule has 1 unspecified atom stereocenters. The topological polar surface area (TPSA) is 75.2 Å². The van der Waals surface area contributed by atoms with Crippen LogP contribution < -0.4 is 15.4 Å². The molecule has 2 rings (SSSR count). The summed E-state index contributed by atoms with van der Waals surface area (Å²) in [6, 6.07) is 8.09. The number of halogens is 1. The molecule has 1 aromatic rings. The number of para-hydroxylation sites is 1. The van der Waals surface area contributed by atoms with Crippen molar-refractivity contribution in [3.05, 3.63) is 29.8 Å². The second kappa shape index (κ2) is 13.6. The first kappa shape index (κ1) is 24.5. The van der Waals surface area contributed by atoms with E-state index >= 15 is 0 Å². The molecule has 1 atom stereocenters. The van der Waals surface area contributed by atoms with Gasteiger partial charge in [0.05, 0.1) is 26.9 Å². The van der Waals surface area contributed by atoms with Crippen molar-refractivity contribution in [1.82, 2.24) is 15.5 Å². The number of rotatable bonds is 9. The molecule has 2 N–H and O–H groups in total. The van der Waals surface area contributed by atoms with Crippen LogP contribution in [0, 0.1) is 0 Å². The number of benzene rings is 1. The zero-order valence-corrected chi connectivity index (χ0v) is 19.4. The highest BCUT2D eigenvalue weighted by atomic mass is 127. The Morgan fingerprint density at radius 2 is 2.11 bits per heavy atom. The quantitative estimate of drug-likeness (QED) is 0.234. The number of nitrogens with zero attached hydrogens (tertiary/aromatic N) is 2. The first-order chi connectivity index (χ1) is 13.2. The maximum Gasteiger partial charge on any atom is 0.222 e. The number of guanidine groups is 1. The van der Waals surface area contributed by atoms with E-state index < -0.39 is 0 Å². The summed E-state index contributed by atoms with van der Waals surface area (Å²) in [4.78, 5) is 18.3. The van der Waals surface area contributed by atoms with Gasteiger partial charge < -0.3 is 25.0 Å². The molecule has 1 fully saturated rings. The maximum absolute atomic E-state index is 11.8. The average Bonchev–Trinajstić information content (AvgIpc) is 3.16. The van der Waals surface area contributed by atoms with Gasteiger partial charge in [0.25, 0.3) is 0 Å². The highest BCUT2D eigenvalue weighted by Crippen LogP contribution is 2.17. The Morgan fingerprint density at radius 1 is 1.32 bits per heavy atom. The van der Waals surface area contributed by atoms with E-state index in [1.165, 1.54) is 0 Å². The van der Waals surface area contributed by atoms with Crippen LogP contribution in [0.2, 0.25) is 0 Å². The van der Waals surface area contributed by atoms with Crippen molar-refractivity contribution in [3.8, 4) is 5.75 Å². The number of amides is 1. The standard InChI is InChI=1S/C20H32N4O3.HI/c1-4-19(25)24-12-10-17(14-24)23-20(21-5-2)22-11-13-27-15-16-8-6-7-9-18(16)26-3;/h6-9,17H,4-5,10-15H2,1-3H3,(H2,21,22,23);1H. The monoisotopic (exact) mass is 504 g/mol. The predicted octanol–water partition coefficient (Wildman–Crippen LogP) is 2.40. The fourth-order valence-electron chi connectivity index (χ4n) is 3.07. The molecule has 1 heterocycles. The number of hydrogen-bond acceptors (Lipinski definition) is 4. The Balaban J connectivity index is 0.00000392. The second-order valence-electron chi connectivity index (χ2n) is 6.45. The molecule has 1 aliphatic heterocycles. The molecule has 1 saturated heterocycles. The number of nitrogens with one attached hydrogen (secondary N) is 2. The van der Waals surface area contributed by atoms with Gasteiger partial charge in [-0.15, -0.1) is 24.0 Å². The molecule has 0 spiro atoms. The van der Waals surface area contributed by atoms with Crippen molar-refractivity contribution < 1.29 is 14.3 Å². The van der Waals surface area contributed by atoms with E-state index in [2.05, 4.69) is 15.6 Å². The van der Waals surface area contributed by atoms with Crippen LogP contribution in [-0.2, 0) is 16.1 Å². The summed E-state index contributed by atoms with van der Waals surface area (Å²) in [5.74, 6) is 1.82. The summed E-state index contributed by atoms with van der Waals surface area (Å²) in [5.41, 5.74) is 1.03. The fraction of sp³-hybridized carbons (Fsp3) is 0.600. The molecule has 1 aliphatic rings. The summed E-state index contributed by atoms with van der Waals surface area (Å²) in [6.07, 6.45) is 1.50. The Bertz CT molecular complexity index is 627. The molecule has 0 bridgehead atoms. The molecular formula is C20H33IN4O3. The molecule has 0 aliphatic carbocycles. The lowest BCUT2D eigenvalue weighted by Gasteiger charge is -2.18. The number of aliphatic imine (C=N–C) groups is 1. The van der Waals surface area contributed by atoms with Crippen molar-refractivity contribution >= 4 is 35.8 Å². The third kappa shape index (κ3) is 7.83. The lowest BCUT2D eigenvalue weighted by Crippen LogP contribution is -2.45. The number of hydrogen-bond donors (Lipinski definition) is 2. The molecule has 1 amide bonds. The lowest BCUT2D eigenvalue weighted by atomic mass is 10.2. The van der Waals surface area contributed by atoms with Crippen molar-refractivity contribution in [3.63, 3.8) is 0 Å². The van der Waals surface area contributed by atoms with Crippen molar-refractivity contribution in [1.29, 1.82) is 0 Å². The van der Waals surface area contributed by atoms with Crippen molar-refractivity contribution in [2.45, 2.75) is 39.3 Å². The van der Waals surface area contributed by atoms with Crippen LogP contribution in [0.1, 0.15) is 32.3 Å². The summed E-state index contributed by atoms with van der Waals surface area (Å²) < 4.78 is 11.1. The minimum atomic E-state index is 0. The van der Waals surface area contributed by atoms with Crippen LogP contribution in [0.25, 0.3) is 0 Å². The first-order valence-electron chi connectivity index (χ1n) is 9.70. The number of carbonyl (C=O) groups is 1. The molecular weight excluding hydrogens is 471 g/mol. The van der Waals surface area contributed by atoms with E-state index in [4.69, 9.17) is 9.47 Å². The molecule has 0 saturated carbocycles. The number of likely N-dealkylation sites (tertiary alicyclic amines) is 1. The Morgan fingerprint density at radius 3 is 2.82 bits per heavy atom. The highest BCUT2D eigenvalue weighted by molar-refractivity contribution is 14.0. The van der Waals surface area contributed by atoms with Crippen LogP contribution in [-0.4, -0.2) is 62.7 Å². The van der Waals surface area contributed by atoms with Gasteiger partial charge in [-0.3, -0.25) is 9.79 Å². The highest BCUT2D eigenvalue weighted by Gasteiger charge is 2.25. The second-order valence-corrected chi connectivity index (χ2v) is 6.45. The minimum absolute atomic E-state index is 0. The smallest absolute Gasteiger partial charge is 0.222 e. The van der Waals surface area contributed by atoms with E-state index in [9.17, 15) is 4.79 Å². The zero-order valence-electron chi connectivity index (χ0n) is 17.1. The third-order valence-electron chi connectivity index (χ3n) is 4.48. The van der Waals surface area contributed by atoms with Crippen LogP contribution >= 0.6 is 24.0 Å². The van der Waals surface area contributed by atoms with E-state index in [1.807, 2.05) is 43.0 Å². The van der Waals surface area contributed by atoms with Crippen molar-refractivity contribution in [2.24, 2.45) is 4.99 Å². The zero-order chi connectivity index (χ0) is 19.5. The summed E-state index contributed by atoms with van der Waals surface area (Å²) in [6.45, 7) is 7.87. The SMILES string of the molecule is CCNC(=NCCOCc1ccccc1OC)NC1CCN(C(=O)CC)C1.I. The Hall–Kier alpha value is -1.55. The molecule has 0 radical (unpaired) electrons. The molecule has 7 nitrogen and oxygen atoms in total. The van der Waals surface area contributed by atoms with Gasteiger partial charge in [-0.1, -0.05) is 25.1 Å². The van der Waals surface area contributed by atoms with E-state index in [-0.39, 0.29) is 35.9 Å². The number of methoxy groups -OCH3 is 1. The molecule has 0 aromatic heterocycles. The van der Waals surface area contributed by atoms with Crippen LogP contribution in [0.5, 0.6) is 5.75 Å². The Kier molecular flexibility index (Phi) is 11.9. The first-order valence-corrected chi connectivity index (χ1v) is 9.70. The molecule has 158 valence electrons. The summed E-state index contributed by atoms with van der Waals surface area (Å²) in [5, 5.41) is 6.68. The Labute approximate surface area is 185 Å².